The normalized spacial score (nSPS) is 14.5. The summed E-state index contributed by atoms with van der Waals surface area (Å²) >= 11 is 0. The molecule has 212 valence electrons. The summed E-state index contributed by atoms with van der Waals surface area (Å²) in [5, 5.41) is 11.2. The fourth-order valence-corrected chi connectivity index (χ4v) is 3.79. The van der Waals surface area contributed by atoms with Crippen molar-refractivity contribution in [1.29, 1.82) is 0 Å². The second-order valence-corrected chi connectivity index (χ2v) is 9.42. The number of fused-ring (bicyclic) bond motifs is 1. The lowest BCUT2D eigenvalue weighted by Crippen LogP contribution is -2.51. The largest absolute Gasteiger partial charge is 0.443 e. The number of nitrogens with zero attached hydrogens (tertiary/aromatic N) is 4. The highest BCUT2D eigenvalue weighted by Crippen LogP contribution is 2.19. The van der Waals surface area contributed by atoms with Crippen LogP contribution in [-0.2, 0) is 32.2 Å². The summed E-state index contributed by atoms with van der Waals surface area (Å²) in [6, 6.07) is 7.54. The Balaban J connectivity index is 0.00000420. The Kier molecular flexibility index (Phi) is 9.89. The van der Waals surface area contributed by atoms with Crippen LogP contribution in [0.5, 0.6) is 0 Å². The summed E-state index contributed by atoms with van der Waals surface area (Å²) in [5.41, 5.74) is 5.93. The molecule has 0 aliphatic carbocycles. The zero-order chi connectivity index (χ0) is 27.3. The van der Waals surface area contributed by atoms with Gasteiger partial charge in [-0.25, -0.2) is 13.6 Å². The van der Waals surface area contributed by atoms with Crippen LogP contribution in [0.25, 0.3) is 5.65 Å². The van der Waals surface area contributed by atoms with Crippen molar-refractivity contribution < 1.29 is 32.6 Å². The van der Waals surface area contributed by atoms with E-state index >= 15 is 0 Å². The molecule has 0 radical (unpaired) electrons. The van der Waals surface area contributed by atoms with Crippen molar-refractivity contribution in [1.82, 2.24) is 24.8 Å². The summed E-state index contributed by atoms with van der Waals surface area (Å²) in [7, 11) is 0. The number of carbonyl (C=O) groups is 2. The van der Waals surface area contributed by atoms with E-state index in [1.807, 2.05) is 0 Å². The van der Waals surface area contributed by atoms with Gasteiger partial charge in [0.1, 0.15) is 24.3 Å². The fraction of sp³-hybridized carbons (Fsp3) is 0.462. The number of carbonyl (C=O) groups excluding carboxylic acids is 2. The van der Waals surface area contributed by atoms with Crippen molar-refractivity contribution >= 4 is 17.6 Å². The predicted octanol–water partition coefficient (Wildman–Crippen LogP) is 2.72. The molecule has 11 nitrogen and oxygen atoms in total. The van der Waals surface area contributed by atoms with E-state index in [0.717, 1.165) is 12.1 Å². The molecule has 3 heterocycles. The first kappa shape index (κ1) is 29.9. The molecule has 2 aromatic heterocycles. The quantitative estimate of drug-likeness (QED) is 0.417. The molecule has 2 amide bonds. The van der Waals surface area contributed by atoms with Crippen LogP contribution in [0.1, 0.15) is 44.4 Å². The van der Waals surface area contributed by atoms with Gasteiger partial charge in [-0.05, 0) is 32.0 Å². The number of halogens is 2. The SMILES string of the molecule is C.CC(C)(N)C(=O)N[C@H](COCc1ccc(F)cc1F)c1nnc2cccc(COC(=O)N3CCOCC3)n12. The van der Waals surface area contributed by atoms with Crippen molar-refractivity contribution in [3.05, 3.63) is 65.1 Å². The lowest BCUT2D eigenvalue weighted by atomic mass is 10.1. The highest BCUT2D eigenvalue weighted by molar-refractivity contribution is 5.85. The average molecular weight is 549 g/mol. The average Bonchev–Trinajstić information content (AvgIpc) is 3.32. The zero-order valence-corrected chi connectivity index (χ0v) is 21.2. The molecule has 4 rings (SSSR count). The van der Waals surface area contributed by atoms with E-state index in [2.05, 4.69) is 15.5 Å². The maximum atomic E-state index is 14.1. The van der Waals surface area contributed by atoms with Crippen molar-refractivity contribution in [3.8, 4) is 0 Å². The number of amides is 2. The Hall–Kier alpha value is -3.68. The van der Waals surface area contributed by atoms with Gasteiger partial charge in [-0.3, -0.25) is 9.20 Å². The van der Waals surface area contributed by atoms with Crippen LogP contribution < -0.4 is 11.1 Å². The van der Waals surface area contributed by atoms with E-state index in [1.54, 1.807) is 41.3 Å². The first-order chi connectivity index (χ1) is 18.1. The molecule has 0 unspecified atom stereocenters. The fourth-order valence-electron chi connectivity index (χ4n) is 3.79. The monoisotopic (exact) mass is 548 g/mol. The Morgan fingerprint density at radius 3 is 2.59 bits per heavy atom. The van der Waals surface area contributed by atoms with Crippen LogP contribution in [0.15, 0.2) is 36.4 Å². The molecule has 39 heavy (non-hydrogen) atoms. The highest BCUT2D eigenvalue weighted by Gasteiger charge is 2.29. The summed E-state index contributed by atoms with van der Waals surface area (Å²) in [6.07, 6.45) is -0.473. The van der Waals surface area contributed by atoms with E-state index in [1.165, 1.54) is 6.07 Å². The number of ether oxygens (including phenoxy) is 3. The van der Waals surface area contributed by atoms with Crippen molar-refractivity contribution in [3.63, 3.8) is 0 Å². The number of hydrogen-bond donors (Lipinski definition) is 2. The van der Waals surface area contributed by atoms with Gasteiger partial charge in [0.15, 0.2) is 11.5 Å². The van der Waals surface area contributed by atoms with E-state index < -0.39 is 35.2 Å². The van der Waals surface area contributed by atoms with Gasteiger partial charge in [0.25, 0.3) is 0 Å². The first-order valence-corrected chi connectivity index (χ1v) is 12.1. The minimum Gasteiger partial charge on any atom is -0.443 e. The van der Waals surface area contributed by atoms with Gasteiger partial charge in [0.05, 0.1) is 37.7 Å². The Labute approximate surface area is 225 Å². The van der Waals surface area contributed by atoms with Crippen LogP contribution in [0.3, 0.4) is 0 Å². The molecule has 0 spiro atoms. The van der Waals surface area contributed by atoms with E-state index in [-0.39, 0.29) is 32.8 Å². The third-order valence-corrected chi connectivity index (χ3v) is 5.91. The third-order valence-electron chi connectivity index (χ3n) is 5.91. The summed E-state index contributed by atoms with van der Waals surface area (Å²) < 4.78 is 45.5. The number of hydrogen-bond acceptors (Lipinski definition) is 8. The number of morpholine rings is 1. The second-order valence-electron chi connectivity index (χ2n) is 9.42. The van der Waals surface area contributed by atoms with Crippen molar-refractivity contribution in [2.24, 2.45) is 5.73 Å². The summed E-state index contributed by atoms with van der Waals surface area (Å²) in [6.45, 7) is 4.49. The predicted molar refractivity (Wildman–Crippen MR) is 137 cm³/mol. The molecule has 1 atom stereocenters. The summed E-state index contributed by atoms with van der Waals surface area (Å²) in [5.74, 6) is -1.62. The minimum absolute atomic E-state index is 0. The molecule has 1 aliphatic heterocycles. The number of nitrogens with one attached hydrogen (secondary N) is 1. The number of aromatic nitrogens is 3. The van der Waals surface area contributed by atoms with Crippen LogP contribution in [0, 0.1) is 11.6 Å². The molecule has 13 heteroatoms. The molecule has 0 saturated carbocycles. The molecule has 0 bridgehead atoms. The van der Waals surface area contributed by atoms with Gasteiger partial charge >= 0.3 is 6.09 Å². The number of pyridine rings is 1. The third kappa shape index (κ3) is 7.46. The van der Waals surface area contributed by atoms with Crippen molar-refractivity contribution in [2.75, 3.05) is 32.9 Å². The van der Waals surface area contributed by atoms with Gasteiger partial charge in [-0.2, -0.15) is 0 Å². The standard InChI is InChI=1S/C25H30F2N6O5.CH4/c1-25(2,28)23(34)29-20(15-37-13-16-6-7-17(26)12-19(16)27)22-31-30-21-5-3-4-18(33(21)22)14-38-24(35)32-8-10-36-11-9-32;/h3-7,12,20H,8-11,13-15,28H2,1-2H3,(H,29,34);1H4/t20-;/m1./s1. The Morgan fingerprint density at radius 2 is 1.90 bits per heavy atom. The van der Waals surface area contributed by atoms with Crippen LogP contribution in [0.2, 0.25) is 0 Å². The van der Waals surface area contributed by atoms with Crippen LogP contribution in [0.4, 0.5) is 13.6 Å². The first-order valence-electron chi connectivity index (χ1n) is 12.1. The minimum atomic E-state index is -1.21. The molecular formula is C26H34F2N6O5. The number of nitrogens with two attached hydrogens (primary N) is 1. The van der Waals surface area contributed by atoms with E-state index in [9.17, 15) is 18.4 Å². The number of benzene rings is 1. The molecule has 3 N–H and O–H groups in total. The van der Waals surface area contributed by atoms with Gasteiger partial charge < -0.3 is 30.2 Å². The van der Waals surface area contributed by atoms with Gasteiger partial charge in [-0.15, -0.1) is 10.2 Å². The zero-order valence-electron chi connectivity index (χ0n) is 21.2. The molecule has 1 fully saturated rings. The second kappa shape index (κ2) is 12.9. The van der Waals surface area contributed by atoms with E-state index in [0.29, 0.717) is 43.5 Å². The highest BCUT2D eigenvalue weighted by atomic mass is 19.1. The maximum Gasteiger partial charge on any atom is 0.410 e. The molecule has 1 aromatic carbocycles. The van der Waals surface area contributed by atoms with Gasteiger partial charge in [-0.1, -0.05) is 19.6 Å². The van der Waals surface area contributed by atoms with E-state index in [4.69, 9.17) is 19.9 Å². The topological polar surface area (TPSA) is 133 Å². The Morgan fingerprint density at radius 1 is 1.15 bits per heavy atom. The smallest absolute Gasteiger partial charge is 0.410 e. The Bertz CT molecular complexity index is 1290. The molecular weight excluding hydrogens is 514 g/mol. The molecule has 1 saturated heterocycles. The summed E-state index contributed by atoms with van der Waals surface area (Å²) in [4.78, 5) is 26.8. The lowest BCUT2D eigenvalue weighted by molar-refractivity contribution is -0.126. The molecule has 1 aliphatic rings. The van der Waals surface area contributed by atoms with Crippen LogP contribution >= 0.6 is 0 Å². The van der Waals surface area contributed by atoms with Crippen molar-refractivity contribution in [2.45, 2.75) is 46.1 Å². The molecule has 3 aromatic rings. The maximum absolute atomic E-state index is 14.1. The number of rotatable bonds is 9. The van der Waals surface area contributed by atoms with Gasteiger partial charge in [0, 0.05) is 24.7 Å². The van der Waals surface area contributed by atoms with Gasteiger partial charge in [0.2, 0.25) is 5.91 Å². The van der Waals surface area contributed by atoms with Crippen LogP contribution in [-0.4, -0.2) is 69.9 Å². The lowest BCUT2D eigenvalue weighted by Gasteiger charge is -2.26.